The predicted molar refractivity (Wildman–Crippen MR) is 89.5 cm³/mol. The van der Waals surface area contributed by atoms with E-state index in [0.29, 0.717) is 6.54 Å². The fraction of sp³-hybridized carbons (Fsp3) is 0.176. The van der Waals surface area contributed by atoms with E-state index in [2.05, 4.69) is 25.5 Å². The minimum absolute atomic E-state index is 0.499. The number of rotatable bonds is 4. The van der Waals surface area contributed by atoms with E-state index < -0.39 is 0 Å². The van der Waals surface area contributed by atoms with Crippen LogP contribution in [0.5, 0.6) is 0 Å². The summed E-state index contributed by atoms with van der Waals surface area (Å²) in [6, 6.07) is 9.46. The summed E-state index contributed by atoms with van der Waals surface area (Å²) < 4.78 is 7.20. The van der Waals surface area contributed by atoms with Crippen LogP contribution in [0.3, 0.4) is 0 Å². The predicted octanol–water partition coefficient (Wildman–Crippen LogP) is 3.01. The van der Waals surface area contributed by atoms with Crippen molar-refractivity contribution >= 4 is 11.5 Å². The first kappa shape index (κ1) is 14.4. The average molecular weight is 320 g/mol. The molecule has 0 aliphatic heterocycles. The molecule has 0 saturated carbocycles. The summed E-state index contributed by atoms with van der Waals surface area (Å²) in [7, 11) is 0. The highest BCUT2D eigenvalue weighted by molar-refractivity contribution is 5.56. The summed E-state index contributed by atoms with van der Waals surface area (Å²) in [6.45, 7) is 4.51. The fourth-order valence-electron chi connectivity index (χ4n) is 2.55. The van der Waals surface area contributed by atoms with E-state index in [1.807, 2.05) is 44.2 Å². The van der Waals surface area contributed by atoms with Crippen LogP contribution in [0.1, 0.15) is 17.0 Å². The van der Waals surface area contributed by atoms with Crippen LogP contribution in [-0.4, -0.2) is 24.7 Å². The Kier molecular flexibility index (Phi) is 3.45. The maximum absolute atomic E-state index is 5.41. The van der Waals surface area contributed by atoms with Crippen molar-refractivity contribution in [1.82, 2.24) is 24.7 Å². The third-order valence-corrected chi connectivity index (χ3v) is 3.93. The standard InChI is InChI=1S/C17H16N6O/c1-11-12(2)21-16-6-8-20-23(16)17(11)19-10-13-9-15(22-24-13)14-5-3-4-7-18-14/h3-9,19H,10H2,1-2H3. The molecule has 0 atom stereocenters. The molecule has 0 aliphatic carbocycles. The van der Waals surface area contributed by atoms with Crippen molar-refractivity contribution in [2.45, 2.75) is 20.4 Å². The molecule has 0 saturated heterocycles. The second-order valence-electron chi connectivity index (χ2n) is 5.52. The molecule has 0 aliphatic rings. The molecule has 0 unspecified atom stereocenters. The molecule has 4 heterocycles. The number of pyridine rings is 1. The molecule has 0 amide bonds. The van der Waals surface area contributed by atoms with Gasteiger partial charge in [-0.1, -0.05) is 11.2 Å². The van der Waals surface area contributed by atoms with Gasteiger partial charge in [-0.15, -0.1) is 0 Å². The number of fused-ring (bicyclic) bond motifs is 1. The van der Waals surface area contributed by atoms with Crippen LogP contribution in [0.15, 0.2) is 47.2 Å². The average Bonchev–Trinajstić information content (AvgIpc) is 3.25. The van der Waals surface area contributed by atoms with Gasteiger partial charge in [0.2, 0.25) is 0 Å². The van der Waals surface area contributed by atoms with Gasteiger partial charge < -0.3 is 9.84 Å². The van der Waals surface area contributed by atoms with Crippen molar-refractivity contribution in [3.63, 3.8) is 0 Å². The lowest BCUT2D eigenvalue weighted by Crippen LogP contribution is -2.09. The van der Waals surface area contributed by atoms with Crippen LogP contribution < -0.4 is 5.32 Å². The number of anilines is 1. The topological polar surface area (TPSA) is 81.1 Å². The summed E-state index contributed by atoms with van der Waals surface area (Å²) in [5.41, 5.74) is 4.34. The van der Waals surface area contributed by atoms with Crippen LogP contribution in [0.4, 0.5) is 5.82 Å². The molecule has 1 N–H and O–H groups in total. The van der Waals surface area contributed by atoms with Gasteiger partial charge in [-0.3, -0.25) is 4.98 Å². The highest BCUT2D eigenvalue weighted by Gasteiger charge is 2.12. The van der Waals surface area contributed by atoms with Gasteiger partial charge in [-0.25, -0.2) is 4.98 Å². The number of nitrogens with one attached hydrogen (secondary N) is 1. The van der Waals surface area contributed by atoms with Gasteiger partial charge in [0, 0.05) is 29.6 Å². The second-order valence-corrected chi connectivity index (χ2v) is 5.52. The Labute approximate surface area is 138 Å². The Morgan fingerprint density at radius 3 is 2.88 bits per heavy atom. The van der Waals surface area contributed by atoms with Crippen LogP contribution in [0, 0.1) is 13.8 Å². The highest BCUT2D eigenvalue weighted by atomic mass is 16.5. The van der Waals surface area contributed by atoms with E-state index in [1.54, 1.807) is 16.9 Å². The monoisotopic (exact) mass is 320 g/mol. The lowest BCUT2D eigenvalue weighted by atomic mass is 10.2. The van der Waals surface area contributed by atoms with Crippen LogP contribution in [0.2, 0.25) is 0 Å². The van der Waals surface area contributed by atoms with E-state index in [4.69, 9.17) is 4.52 Å². The van der Waals surface area contributed by atoms with E-state index >= 15 is 0 Å². The highest BCUT2D eigenvalue weighted by Crippen LogP contribution is 2.21. The molecule has 0 spiro atoms. The zero-order valence-electron chi connectivity index (χ0n) is 13.4. The maximum atomic E-state index is 5.41. The van der Waals surface area contributed by atoms with Crippen molar-refractivity contribution < 1.29 is 4.52 Å². The minimum atomic E-state index is 0.499. The van der Waals surface area contributed by atoms with Crippen molar-refractivity contribution in [2.24, 2.45) is 0 Å². The summed E-state index contributed by atoms with van der Waals surface area (Å²) >= 11 is 0. The molecule has 24 heavy (non-hydrogen) atoms. The molecule has 0 aromatic carbocycles. The third-order valence-electron chi connectivity index (χ3n) is 3.93. The van der Waals surface area contributed by atoms with Gasteiger partial charge in [0.1, 0.15) is 11.5 Å². The molecule has 0 radical (unpaired) electrons. The summed E-state index contributed by atoms with van der Waals surface area (Å²) in [5, 5.41) is 11.8. The molecule has 4 rings (SSSR count). The number of aryl methyl sites for hydroxylation is 1. The molecule has 0 fully saturated rings. The SMILES string of the molecule is Cc1nc2ccnn2c(NCc2cc(-c3ccccn3)no2)c1C. The fourth-order valence-corrected chi connectivity index (χ4v) is 2.55. The molecule has 120 valence electrons. The van der Waals surface area contributed by atoms with E-state index in [9.17, 15) is 0 Å². The van der Waals surface area contributed by atoms with E-state index in [-0.39, 0.29) is 0 Å². The first-order chi connectivity index (χ1) is 11.7. The van der Waals surface area contributed by atoms with Gasteiger partial charge in [0.15, 0.2) is 11.4 Å². The van der Waals surface area contributed by atoms with Crippen molar-refractivity contribution in [1.29, 1.82) is 0 Å². The second kappa shape index (κ2) is 5.77. The van der Waals surface area contributed by atoms with Crippen molar-refractivity contribution in [3.05, 3.63) is 59.7 Å². The first-order valence-corrected chi connectivity index (χ1v) is 7.64. The van der Waals surface area contributed by atoms with Crippen LogP contribution in [0.25, 0.3) is 17.0 Å². The molecule has 0 bridgehead atoms. The summed E-state index contributed by atoms with van der Waals surface area (Å²) in [5.74, 6) is 1.63. The van der Waals surface area contributed by atoms with Gasteiger partial charge in [-0.2, -0.15) is 9.61 Å². The van der Waals surface area contributed by atoms with Gasteiger partial charge >= 0.3 is 0 Å². The summed E-state index contributed by atoms with van der Waals surface area (Å²) in [6.07, 6.45) is 3.47. The third kappa shape index (κ3) is 2.50. The van der Waals surface area contributed by atoms with Crippen LogP contribution in [-0.2, 0) is 6.54 Å². The molecule has 7 nitrogen and oxygen atoms in total. The number of hydrogen-bond donors (Lipinski definition) is 1. The molecular weight excluding hydrogens is 304 g/mol. The molecular formula is C17H16N6O. The molecule has 7 heteroatoms. The van der Waals surface area contributed by atoms with Crippen molar-refractivity contribution in [2.75, 3.05) is 5.32 Å². The van der Waals surface area contributed by atoms with Gasteiger partial charge in [-0.05, 0) is 26.0 Å². The van der Waals surface area contributed by atoms with E-state index in [1.165, 1.54) is 0 Å². The van der Waals surface area contributed by atoms with Gasteiger partial charge in [0.25, 0.3) is 0 Å². The number of hydrogen-bond acceptors (Lipinski definition) is 6. The normalized spacial score (nSPS) is 11.1. The Morgan fingerprint density at radius 1 is 1.12 bits per heavy atom. The zero-order chi connectivity index (χ0) is 16.5. The van der Waals surface area contributed by atoms with Crippen LogP contribution >= 0.6 is 0 Å². The lowest BCUT2D eigenvalue weighted by molar-refractivity contribution is 0.389. The maximum Gasteiger partial charge on any atom is 0.157 e. The molecule has 4 aromatic rings. The zero-order valence-corrected chi connectivity index (χ0v) is 13.4. The quantitative estimate of drug-likeness (QED) is 0.622. The summed E-state index contributed by atoms with van der Waals surface area (Å²) in [4.78, 5) is 8.79. The largest absolute Gasteiger partial charge is 0.362 e. The lowest BCUT2D eigenvalue weighted by Gasteiger charge is -2.11. The van der Waals surface area contributed by atoms with E-state index in [0.717, 1.165) is 39.9 Å². The Bertz CT molecular complexity index is 989. The van der Waals surface area contributed by atoms with Gasteiger partial charge in [0.05, 0.1) is 18.4 Å². The van der Waals surface area contributed by atoms with Crippen molar-refractivity contribution in [3.8, 4) is 11.4 Å². The Morgan fingerprint density at radius 2 is 2.04 bits per heavy atom. The first-order valence-electron chi connectivity index (χ1n) is 7.64. The Balaban J connectivity index is 1.59. The number of aromatic nitrogens is 5. The Hall–Kier alpha value is -3.22. The molecule has 4 aromatic heterocycles. The minimum Gasteiger partial charge on any atom is -0.362 e. The smallest absolute Gasteiger partial charge is 0.157 e. The number of nitrogens with zero attached hydrogens (tertiary/aromatic N) is 5.